The minimum Gasteiger partial charge on any atom is -0.507 e. The molecule has 2 aliphatic rings. The number of ether oxygens (including phenoxy) is 2. The molecule has 1 saturated heterocycles. The molecule has 0 aromatic heterocycles. The molecule has 5 rings (SSSR count). The second-order valence-electron chi connectivity index (χ2n) is 8.74. The first-order valence-corrected chi connectivity index (χ1v) is 11.8. The molecule has 3 aromatic carbocycles. The lowest BCUT2D eigenvalue weighted by atomic mass is 9.93. The van der Waals surface area contributed by atoms with Crippen molar-refractivity contribution < 1.29 is 24.2 Å². The van der Waals surface area contributed by atoms with E-state index in [0.717, 1.165) is 36.1 Å². The number of nitrogens with zero attached hydrogens (tertiary/aromatic N) is 1. The summed E-state index contributed by atoms with van der Waals surface area (Å²) in [5, 5.41) is 11.4. The van der Waals surface area contributed by atoms with Gasteiger partial charge in [-0.05, 0) is 78.4 Å². The highest BCUT2D eigenvalue weighted by Crippen LogP contribution is 2.43. The quantitative estimate of drug-likeness (QED) is 0.315. The van der Waals surface area contributed by atoms with E-state index in [4.69, 9.17) is 9.47 Å². The number of hydrogen-bond donors (Lipinski definition) is 1. The van der Waals surface area contributed by atoms with E-state index in [1.165, 1.54) is 4.90 Å². The maximum Gasteiger partial charge on any atom is 0.300 e. The van der Waals surface area contributed by atoms with E-state index < -0.39 is 17.7 Å². The molecule has 2 aliphatic heterocycles. The van der Waals surface area contributed by atoms with Crippen molar-refractivity contribution in [2.45, 2.75) is 32.2 Å². The predicted molar refractivity (Wildman–Crippen MR) is 134 cm³/mol. The largest absolute Gasteiger partial charge is 0.507 e. The number of ketones is 1. The maximum absolute atomic E-state index is 13.4. The minimum absolute atomic E-state index is 0.0551. The number of amides is 1. The van der Waals surface area contributed by atoms with Crippen LogP contribution in [-0.4, -0.2) is 30.5 Å². The Morgan fingerprint density at radius 1 is 1.09 bits per heavy atom. The molecule has 0 aliphatic carbocycles. The second kappa shape index (κ2) is 9.29. The number of rotatable bonds is 5. The van der Waals surface area contributed by atoms with Crippen molar-refractivity contribution in [3.63, 3.8) is 0 Å². The lowest BCUT2D eigenvalue weighted by Gasteiger charge is -2.26. The van der Waals surface area contributed by atoms with Crippen LogP contribution in [0, 0.1) is 0 Å². The Kier molecular flexibility index (Phi) is 6.03. The molecule has 0 spiro atoms. The summed E-state index contributed by atoms with van der Waals surface area (Å²) < 4.78 is 11.1. The summed E-state index contributed by atoms with van der Waals surface area (Å²) in [6.07, 6.45) is 2.58. The summed E-state index contributed by atoms with van der Waals surface area (Å²) in [5.41, 5.74) is 3.91. The zero-order chi connectivity index (χ0) is 24.5. The van der Waals surface area contributed by atoms with E-state index in [1.807, 2.05) is 48.5 Å². The van der Waals surface area contributed by atoms with Gasteiger partial charge >= 0.3 is 0 Å². The lowest BCUT2D eigenvalue weighted by molar-refractivity contribution is -0.132. The average Bonchev–Trinajstić information content (AvgIpc) is 3.18. The number of anilines is 1. The van der Waals surface area contributed by atoms with Gasteiger partial charge in [-0.25, -0.2) is 0 Å². The Morgan fingerprint density at radius 2 is 1.89 bits per heavy atom. The van der Waals surface area contributed by atoms with Crippen molar-refractivity contribution in [1.29, 1.82) is 0 Å². The Morgan fingerprint density at radius 3 is 2.63 bits per heavy atom. The molecule has 1 atom stereocenters. The first-order valence-electron chi connectivity index (χ1n) is 11.8. The summed E-state index contributed by atoms with van der Waals surface area (Å²) in [6, 6.07) is 19.4. The van der Waals surface area contributed by atoms with Gasteiger partial charge in [0.25, 0.3) is 11.7 Å². The van der Waals surface area contributed by atoms with Gasteiger partial charge in [-0.3, -0.25) is 14.5 Å². The van der Waals surface area contributed by atoms with E-state index in [0.29, 0.717) is 29.2 Å². The van der Waals surface area contributed by atoms with Crippen LogP contribution in [0.25, 0.3) is 5.76 Å². The van der Waals surface area contributed by atoms with Gasteiger partial charge in [-0.15, -0.1) is 0 Å². The van der Waals surface area contributed by atoms with Crippen molar-refractivity contribution in [3.05, 3.63) is 94.6 Å². The van der Waals surface area contributed by atoms with Crippen LogP contribution in [-0.2, 0) is 22.4 Å². The zero-order valence-corrected chi connectivity index (χ0v) is 19.8. The van der Waals surface area contributed by atoms with Crippen molar-refractivity contribution in [2.75, 3.05) is 18.6 Å². The third kappa shape index (κ3) is 4.05. The minimum atomic E-state index is -0.801. The van der Waals surface area contributed by atoms with Gasteiger partial charge in [0, 0.05) is 11.3 Å². The van der Waals surface area contributed by atoms with Crippen molar-refractivity contribution in [3.8, 4) is 11.5 Å². The number of hydrogen-bond acceptors (Lipinski definition) is 5. The van der Waals surface area contributed by atoms with Crippen molar-refractivity contribution >= 4 is 23.1 Å². The maximum atomic E-state index is 13.4. The number of Topliss-reactive ketones (excluding diaryl/α,β-unsaturated/α-hetero) is 1. The number of benzene rings is 3. The lowest BCUT2D eigenvalue weighted by Crippen LogP contribution is -2.29. The molecule has 1 unspecified atom stereocenters. The molecule has 3 aromatic rings. The molecule has 35 heavy (non-hydrogen) atoms. The number of aliphatic hydroxyl groups is 1. The Balaban J connectivity index is 1.68. The third-order valence-corrected chi connectivity index (χ3v) is 6.66. The average molecular weight is 470 g/mol. The number of fused-ring (bicyclic) bond motifs is 1. The molecule has 178 valence electrons. The summed E-state index contributed by atoms with van der Waals surface area (Å²) in [7, 11) is 1.56. The Hall–Kier alpha value is -4.06. The fraction of sp³-hybridized carbons (Fsp3) is 0.241. The summed E-state index contributed by atoms with van der Waals surface area (Å²) in [4.78, 5) is 28.2. The highest BCUT2D eigenvalue weighted by molar-refractivity contribution is 6.51. The number of carbonyl (C=O) groups excluding carboxylic acids is 2. The normalized spacial score (nSPS) is 18.8. The van der Waals surface area contributed by atoms with Crippen molar-refractivity contribution in [1.82, 2.24) is 0 Å². The molecule has 1 amide bonds. The van der Waals surface area contributed by atoms with Gasteiger partial charge in [0.2, 0.25) is 0 Å². The summed E-state index contributed by atoms with van der Waals surface area (Å²) >= 11 is 0. The molecule has 0 saturated carbocycles. The molecule has 1 N–H and O–H groups in total. The number of carbonyl (C=O) groups is 2. The molecular weight excluding hydrogens is 442 g/mol. The standard InChI is InChI=1S/C29H27NO5/c1-3-18-9-12-22(13-10-18)30-26(20-6-4-8-23(17-20)34-2)25(28(32)29(30)33)27(31)21-11-14-24-19(16-21)7-5-15-35-24/h4,6,8-14,16-17,26,31H,3,5,7,15H2,1-2H3/b27-25-. The predicted octanol–water partition coefficient (Wildman–Crippen LogP) is 5.21. The van der Waals surface area contributed by atoms with Gasteiger partial charge in [0.15, 0.2) is 0 Å². The molecular formula is C29H27NO5. The Bertz CT molecular complexity index is 1330. The number of methoxy groups -OCH3 is 1. The van der Waals surface area contributed by atoms with Crippen LogP contribution >= 0.6 is 0 Å². The summed E-state index contributed by atoms with van der Waals surface area (Å²) in [5.74, 6) is -0.208. The van der Waals surface area contributed by atoms with E-state index in [-0.39, 0.29) is 11.3 Å². The zero-order valence-electron chi connectivity index (χ0n) is 19.8. The smallest absolute Gasteiger partial charge is 0.300 e. The second-order valence-corrected chi connectivity index (χ2v) is 8.74. The highest BCUT2D eigenvalue weighted by Gasteiger charge is 2.47. The van der Waals surface area contributed by atoms with Gasteiger partial charge < -0.3 is 14.6 Å². The third-order valence-electron chi connectivity index (χ3n) is 6.66. The fourth-order valence-corrected chi connectivity index (χ4v) is 4.78. The van der Waals surface area contributed by atoms with Gasteiger partial charge in [0.05, 0.1) is 25.3 Å². The van der Waals surface area contributed by atoms with Gasteiger partial charge in [-0.2, -0.15) is 0 Å². The van der Waals surface area contributed by atoms with E-state index >= 15 is 0 Å². The monoisotopic (exact) mass is 469 g/mol. The SMILES string of the molecule is CCc1ccc(N2C(=O)C(=O)/C(=C(\O)c3ccc4c(c3)CCCO4)C2c2cccc(OC)c2)cc1. The van der Waals surface area contributed by atoms with Gasteiger partial charge in [0.1, 0.15) is 17.3 Å². The summed E-state index contributed by atoms with van der Waals surface area (Å²) in [6.45, 7) is 2.72. The molecule has 6 nitrogen and oxygen atoms in total. The van der Waals surface area contributed by atoms with Crippen LogP contribution in [0.2, 0.25) is 0 Å². The fourth-order valence-electron chi connectivity index (χ4n) is 4.78. The van der Waals surface area contributed by atoms with Crippen LogP contribution in [0.5, 0.6) is 11.5 Å². The molecule has 0 radical (unpaired) electrons. The highest BCUT2D eigenvalue weighted by atomic mass is 16.5. The van der Waals surface area contributed by atoms with Crippen LogP contribution in [0.15, 0.2) is 72.3 Å². The molecule has 2 heterocycles. The van der Waals surface area contributed by atoms with Crippen LogP contribution in [0.1, 0.15) is 41.6 Å². The molecule has 6 heteroatoms. The molecule has 1 fully saturated rings. The number of aryl methyl sites for hydroxylation is 2. The van der Waals surface area contributed by atoms with Crippen LogP contribution in [0.3, 0.4) is 0 Å². The molecule has 0 bridgehead atoms. The van der Waals surface area contributed by atoms with Crippen molar-refractivity contribution in [2.24, 2.45) is 0 Å². The Labute approximate surface area is 204 Å². The van der Waals surface area contributed by atoms with E-state index in [9.17, 15) is 14.7 Å². The topological polar surface area (TPSA) is 76.1 Å². The van der Waals surface area contributed by atoms with E-state index in [2.05, 4.69) is 6.92 Å². The van der Waals surface area contributed by atoms with Crippen LogP contribution in [0.4, 0.5) is 5.69 Å². The first kappa shape index (κ1) is 22.7. The number of aliphatic hydroxyl groups excluding tert-OH is 1. The van der Waals surface area contributed by atoms with Crippen LogP contribution < -0.4 is 14.4 Å². The first-order chi connectivity index (χ1) is 17.0. The van der Waals surface area contributed by atoms with Gasteiger partial charge in [-0.1, -0.05) is 31.2 Å². The van der Waals surface area contributed by atoms with E-state index in [1.54, 1.807) is 25.3 Å².